The quantitative estimate of drug-likeness (QED) is 0.175. The number of aromatic amines is 2. The molecule has 0 atom stereocenters. The lowest BCUT2D eigenvalue weighted by molar-refractivity contribution is 1.10. The normalized spacial score (nSPS) is 10.9. The van der Waals surface area contributed by atoms with Crippen LogP contribution in [0.15, 0.2) is 84.9 Å². The minimum Gasteiger partial charge on any atom is -0.329 e. The zero-order chi connectivity index (χ0) is 23.3. The van der Waals surface area contributed by atoms with Crippen LogP contribution in [0.3, 0.4) is 0 Å². The Kier molecular flexibility index (Phi) is 6.60. The van der Waals surface area contributed by atoms with Gasteiger partial charge in [0.15, 0.2) is 0 Å². The largest absolute Gasteiger partial charge is 0.329 e. The van der Waals surface area contributed by atoms with Crippen LogP contribution in [0.5, 0.6) is 0 Å². The van der Waals surface area contributed by atoms with E-state index in [1.165, 1.54) is 0 Å². The predicted octanol–water partition coefficient (Wildman–Crippen LogP) is 7.18. The molecule has 34 heavy (non-hydrogen) atoms. The van der Waals surface area contributed by atoms with Crippen LogP contribution in [0.1, 0.15) is 0 Å². The fourth-order valence-corrected chi connectivity index (χ4v) is 4.68. The Morgan fingerprint density at radius 1 is 0.588 bits per heavy atom. The number of benzene rings is 3. The number of anilines is 2. The molecule has 8 heteroatoms. The van der Waals surface area contributed by atoms with Crippen LogP contribution in [0.4, 0.5) is 11.4 Å². The molecule has 2 aromatic heterocycles. The highest BCUT2D eigenvalue weighted by Crippen LogP contribution is 2.33. The van der Waals surface area contributed by atoms with E-state index in [-0.39, 0.29) is 0 Å². The maximum atomic E-state index is 4.59. The summed E-state index contributed by atoms with van der Waals surface area (Å²) in [5, 5.41) is 15.6. The molecule has 0 radical (unpaired) electrons. The number of para-hydroxylation sites is 2. The number of hydrogen-bond donors (Lipinski definition) is 4. The first-order chi connectivity index (χ1) is 16.8. The third-order valence-electron chi connectivity index (χ3n) is 5.47. The standard InChI is InChI=1S/C26H24N6S2/c1-33-31-21-12-5-3-10-19(21)25-15-23(27-29-25)17-8-7-9-18(14-17)24-16-26(30-28-24)20-11-4-6-13-22(20)32-34-2/h3-16,31-32H,1-2H3,(H,27,29)(H,28,30). The highest BCUT2D eigenvalue weighted by molar-refractivity contribution is 8.00. The smallest absolute Gasteiger partial charge is 0.0927 e. The average molecular weight is 485 g/mol. The van der Waals surface area contributed by atoms with Crippen molar-refractivity contribution in [3.05, 3.63) is 84.9 Å². The molecule has 0 amide bonds. The van der Waals surface area contributed by atoms with Crippen molar-refractivity contribution in [3.63, 3.8) is 0 Å². The highest BCUT2D eigenvalue weighted by atomic mass is 32.2. The van der Waals surface area contributed by atoms with Gasteiger partial charge in [0.1, 0.15) is 0 Å². The fraction of sp³-hybridized carbons (Fsp3) is 0.0769. The van der Waals surface area contributed by atoms with Gasteiger partial charge in [-0.15, -0.1) is 0 Å². The predicted molar refractivity (Wildman–Crippen MR) is 147 cm³/mol. The molecule has 0 bridgehead atoms. The lowest BCUT2D eigenvalue weighted by Crippen LogP contribution is -1.89. The van der Waals surface area contributed by atoms with E-state index in [1.54, 1.807) is 23.9 Å². The van der Waals surface area contributed by atoms with Gasteiger partial charge in [0.25, 0.3) is 0 Å². The molecule has 0 fully saturated rings. The van der Waals surface area contributed by atoms with Crippen molar-refractivity contribution in [2.45, 2.75) is 0 Å². The molecule has 0 saturated heterocycles. The molecule has 0 unspecified atom stereocenters. The van der Waals surface area contributed by atoms with Crippen LogP contribution in [-0.2, 0) is 0 Å². The molecule has 5 rings (SSSR count). The third kappa shape index (κ3) is 4.55. The minimum absolute atomic E-state index is 0.890. The van der Waals surface area contributed by atoms with E-state index in [1.807, 2.05) is 42.8 Å². The van der Waals surface area contributed by atoms with E-state index in [9.17, 15) is 0 Å². The van der Waals surface area contributed by atoms with Crippen molar-refractivity contribution in [3.8, 4) is 45.0 Å². The Morgan fingerprint density at radius 2 is 1.06 bits per heavy atom. The maximum absolute atomic E-state index is 4.59. The number of H-pyrrole nitrogens is 2. The van der Waals surface area contributed by atoms with Crippen LogP contribution >= 0.6 is 23.9 Å². The van der Waals surface area contributed by atoms with E-state index in [0.717, 1.165) is 56.4 Å². The van der Waals surface area contributed by atoms with Crippen molar-refractivity contribution < 1.29 is 0 Å². The van der Waals surface area contributed by atoms with Crippen molar-refractivity contribution >= 4 is 35.3 Å². The summed E-state index contributed by atoms with van der Waals surface area (Å²) >= 11 is 3.14. The summed E-state index contributed by atoms with van der Waals surface area (Å²) in [5.74, 6) is 0. The monoisotopic (exact) mass is 484 g/mol. The van der Waals surface area contributed by atoms with E-state index >= 15 is 0 Å². The van der Waals surface area contributed by atoms with E-state index in [2.05, 4.69) is 84.4 Å². The molecular weight excluding hydrogens is 460 g/mol. The number of aromatic nitrogens is 4. The number of hydrogen-bond acceptors (Lipinski definition) is 6. The summed E-state index contributed by atoms with van der Waals surface area (Å²) in [6, 6.07) is 28.9. The second kappa shape index (κ2) is 10.1. The van der Waals surface area contributed by atoms with Crippen LogP contribution < -0.4 is 9.44 Å². The van der Waals surface area contributed by atoms with Gasteiger partial charge in [0.05, 0.1) is 34.2 Å². The third-order valence-corrected chi connectivity index (χ3v) is 6.32. The molecule has 0 aliphatic carbocycles. The SMILES string of the molecule is CSNc1ccccc1-c1cc(-c2cccc(-c3cc(-c4ccccc4NSC)[nH]n3)c2)n[nH]1. The minimum atomic E-state index is 0.890. The van der Waals surface area contributed by atoms with Crippen LogP contribution in [0, 0.1) is 0 Å². The van der Waals surface area contributed by atoms with Gasteiger partial charge in [-0.25, -0.2) is 0 Å². The summed E-state index contributed by atoms with van der Waals surface area (Å²) < 4.78 is 6.67. The second-order valence-electron chi connectivity index (χ2n) is 7.62. The van der Waals surface area contributed by atoms with Gasteiger partial charge in [-0.2, -0.15) is 10.2 Å². The van der Waals surface area contributed by atoms with Crippen molar-refractivity contribution in [1.82, 2.24) is 20.4 Å². The van der Waals surface area contributed by atoms with Gasteiger partial charge >= 0.3 is 0 Å². The molecule has 0 saturated carbocycles. The van der Waals surface area contributed by atoms with Crippen molar-refractivity contribution in [1.29, 1.82) is 0 Å². The summed E-state index contributed by atoms with van der Waals surface area (Å²) in [6.45, 7) is 0. The van der Waals surface area contributed by atoms with Gasteiger partial charge in [-0.1, -0.05) is 78.5 Å². The zero-order valence-corrected chi connectivity index (χ0v) is 20.4. The zero-order valence-electron chi connectivity index (χ0n) is 18.8. The maximum Gasteiger partial charge on any atom is 0.0927 e. The van der Waals surface area contributed by atoms with E-state index in [4.69, 9.17) is 0 Å². The van der Waals surface area contributed by atoms with Crippen LogP contribution in [0.25, 0.3) is 45.0 Å². The van der Waals surface area contributed by atoms with Crippen molar-refractivity contribution in [2.24, 2.45) is 0 Å². The first-order valence-corrected chi connectivity index (χ1v) is 13.2. The topological polar surface area (TPSA) is 81.4 Å². The van der Waals surface area contributed by atoms with Gasteiger partial charge in [0.2, 0.25) is 0 Å². The molecule has 6 nitrogen and oxygen atoms in total. The Hall–Kier alpha value is -3.62. The van der Waals surface area contributed by atoms with Gasteiger partial charge in [-0.05, 0) is 30.3 Å². The van der Waals surface area contributed by atoms with Gasteiger partial charge in [0, 0.05) is 34.8 Å². The fourth-order valence-electron chi connectivity index (χ4n) is 3.89. The lowest BCUT2D eigenvalue weighted by atomic mass is 10.0. The summed E-state index contributed by atoms with van der Waals surface area (Å²) in [7, 11) is 0. The van der Waals surface area contributed by atoms with E-state index in [0.29, 0.717) is 0 Å². The second-order valence-corrected chi connectivity index (χ2v) is 8.84. The molecule has 2 heterocycles. The summed E-state index contributed by atoms with van der Waals surface area (Å²) in [5.41, 5.74) is 10.1. The molecular formula is C26H24N6S2. The number of rotatable bonds is 8. The Bertz CT molecular complexity index is 1300. The average Bonchev–Trinajstić information content (AvgIpc) is 3.56. The van der Waals surface area contributed by atoms with Crippen LogP contribution in [0.2, 0.25) is 0 Å². The molecule has 0 spiro atoms. The van der Waals surface area contributed by atoms with Gasteiger partial charge < -0.3 is 9.44 Å². The lowest BCUT2D eigenvalue weighted by Gasteiger charge is -2.07. The van der Waals surface area contributed by atoms with Crippen molar-refractivity contribution in [2.75, 3.05) is 22.0 Å². The molecule has 0 aliphatic rings. The van der Waals surface area contributed by atoms with Gasteiger partial charge in [-0.3, -0.25) is 10.2 Å². The number of nitrogens with one attached hydrogen (secondary N) is 4. The molecule has 5 aromatic rings. The Balaban J connectivity index is 1.44. The van der Waals surface area contributed by atoms with Crippen LogP contribution in [-0.4, -0.2) is 32.9 Å². The Morgan fingerprint density at radius 3 is 1.53 bits per heavy atom. The molecule has 170 valence electrons. The molecule has 3 aromatic carbocycles. The number of nitrogens with zero attached hydrogens (tertiary/aromatic N) is 2. The summed E-state index contributed by atoms with van der Waals surface area (Å²) in [6.07, 6.45) is 4.03. The summed E-state index contributed by atoms with van der Waals surface area (Å²) in [4.78, 5) is 0. The van der Waals surface area contributed by atoms with E-state index < -0.39 is 0 Å². The highest BCUT2D eigenvalue weighted by Gasteiger charge is 2.13. The molecule has 4 N–H and O–H groups in total. The Labute approximate surface area is 207 Å². The first kappa shape index (κ1) is 22.2. The first-order valence-electron chi connectivity index (χ1n) is 10.7. The molecule has 0 aliphatic heterocycles.